The number of aliphatic hydroxyl groups excluding tert-OH is 1. The Labute approximate surface area is 151 Å². The van der Waals surface area contributed by atoms with Crippen LogP contribution >= 0.6 is 11.3 Å². The van der Waals surface area contributed by atoms with Gasteiger partial charge in [-0.25, -0.2) is 9.97 Å². The van der Waals surface area contributed by atoms with Crippen LogP contribution in [-0.2, 0) is 12.6 Å². The number of hydrogen-bond donors (Lipinski definition) is 1. The van der Waals surface area contributed by atoms with Gasteiger partial charge < -0.3 is 9.84 Å². The highest BCUT2D eigenvalue weighted by Crippen LogP contribution is 2.32. The van der Waals surface area contributed by atoms with Crippen molar-refractivity contribution in [1.29, 1.82) is 0 Å². The lowest BCUT2D eigenvalue weighted by Crippen LogP contribution is -2.05. The van der Waals surface area contributed by atoms with E-state index in [0.717, 1.165) is 33.4 Å². The Bertz CT molecular complexity index is 875. The van der Waals surface area contributed by atoms with Crippen LogP contribution in [0.4, 0.5) is 13.2 Å². The molecule has 2 aromatic heterocycles. The lowest BCUT2D eigenvalue weighted by atomic mass is 10.2. The maximum absolute atomic E-state index is 12.5. The summed E-state index contributed by atoms with van der Waals surface area (Å²) >= 11 is 1.54. The van der Waals surface area contributed by atoms with Crippen molar-refractivity contribution in [3.8, 4) is 22.2 Å². The molecule has 3 rings (SSSR count). The third-order valence-electron chi connectivity index (χ3n) is 3.63. The Hall–Kier alpha value is -2.45. The molecule has 4 nitrogen and oxygen atoms in total. The molecular formula is C18H15F3N2O2S. The minimum Gasteiger partial charge on any atom is -0.439 e. The van der Waals surface area contributed by atoms with Gasteiger partial charge in [-0.1, -0.05) is 0 Å². The first-order valence-electron chi connectivity index (χ1n) is 7.75. The summed E-state index contributed by atoms with van der Waals surface area (Å²) in [5, 5.41) is 9.88. The molecule has 136 valence electrons. The van der Waals surface area contributed by atoms with Crippen molar-refractivity contribution < 1.29 is 23.0 Å². The maximum atomic E-state index is 12.5. The molecule has 0 bridgehead atoms. The lowest BCUT2D eigenvalue weighted by molar-refractivity contribution is -0.137. The van der Waals surface area contributed by atoms with E-state index in [2.05, 4.69) is 9.97 Å². The fourth-order valence-electron chi connectivity index (χ4n) is 2.28. The van der Waals surface area contributed by atoms with Gasteiger partial charge in [0, 0.05) is 35.7 Å². The summed E-state index contributed by atoms with van der Waals surface area (Å²) in [5.41, 5.74) is 0.954. The molecule has 0 spiro atoms. The molecule has 1 aromatic carbocycles. The summed E-state index contributed by atoms with van der Waals surface area (Å²) in [7, 11) is 0. The van der Waals surface area contributed by atoms with E-state index in [9.17, 15) is 13.2 Å². The van der Waals surface area contributed by atoms with E-state index in [1.165, 1.54) is 17.4 Å². The van der Waals surface area contributed by atoms with Crippen molar-refractivity contribution >= 4 is 11.3 Å². The van der Waals surface area contributed by atoms with Crippen molar-refractivity contribution in [1.82, 2.24) is 9.97 Å². The maximum Gasteiger partial charge on any atom is 0.417 e. The molecule has 1 N–H and O–H groups in total. The topological polar surface area (TPSA) is 55.2 Å². The van der Waals surface area contributed by atoms with Crippen molar-refractivity contribution in [2.75, 3.05) is 6.61 Å². The van der Waals surface area contributed by atoms with Crippen molar-refractivity contribution in [3.05, 3.63) is 58.7 Å². The van der Waals surface area contributed by atoms with Gasteiger partial charge in [0.05, 0.1) is 11.3 Å². The van der Waals surface area contributed by atoms with Crippen LogP contribution in [0.25, 0.3) is 10.6 Å². The largest absolute Gasteiger partial charge is 0.439 e. The molecule has 8 heteroatoms. The van der Waals surface area contributed by atoms with Gasteiger partial charge in [-0.15, -0.1) is 11.3 Å². The number of aromatic nitrogens is 2. The number of pyridine rings is 1. The van der Waals surface area contributed by atoms with E-state index >= 15 is 0 Å². The average Bonchev–Trinajstić information content (AvgIpc) is 2.96. The zero-order valence-corrected chi connectivity index (χ0v) is 14.6. The van der Waals surface area contributed by atoms with E-state index in [1.54, 1.807) is 12.1 Å². The van der Waals surface area contributed by atoms with Crippen LogP contribution in [0.5, 0.6) is 11.6 Å². The minimum atomic E-state index is -4.42. The molecule has 0 saturated carbocycles. The monoisotopic (exact) mass is 380 g/mol. The first-order valence-corrected chi connectivity index (χ1v) is 8.57. The fourth-order valence-corrected chi connectivity index (χ4v) is 3.25. The van der Waals surface area contributed by atoms with Gasteiger partial charge in [0.1, 0.15) is 10.8 Å². The Balaban J connectivity index is 1.72. The number of hydrogen-bond acceptors (Lipinski definition) is 5. The highest BCUT2D eigenvalue weighted by molar-refractivity contribution is 7.15. The van der Waals surface area contributed by atoms with Crippen LogP contribution in [0.1, 0.15) is 16.1 Å². The third-order valence-corrected chi connectivity index (χ3v) is 4.69. The summed E-state index contributed by atoms with van der Waals surface area (Å²) in [6, 6.07) is 9.16. The fraction of sp³-hybridized carbons (Fsp3) is 0.222. The number of thiazole rings is 1. The number of aryl methyl sites for hydroxylation is 1. The number of aliphatic hydroxyl groups is 1. The Morgan fingerprint density at radius 3 is 2.42 bits per heavy atom. The van der Waals surface area contributed by atoms with Gasteiger partial charge in [-0.3, -0.25) is 0 Å². The number of nitrogens with zero attached hydrogens (tertiary/aromatic N) is 2. The van der Waals surface area contributed by atoms with Gasteiger partial charge in [0.25, 0.3) is 0 Å². The molecule has 0 aliphatic carbocycles. The van der Waals surface area contributed by atoms with Crippen LogP contribution in [0.2, 0.25) is 0 Å². The van der Waals surface area contributed by atoms with Crippen LogP contribution in [-0.4, -0.2) is 21.7 Å². The van der Waals surface area contributed by atoms with Crippen LogP contribution in [0, 0.1) is 6.92 Å². The third kappa shape index (κ3) is 4.20. The number of ether oxygens (including phenoxy) is 1. The smallest absolute Gasteiger partial charge is 0.417 e. The molecule has 2 heterocycles. The number of rotatable bonds is 5. The first kappa shape index (κ1) is 18.3. The number of halogens is 3. The Kier molecular flexibility index (Phi) is 5.24. The van der Waals surface area contributed by atoms with Crippen molar-refractivity contribution in [2.45, 2.75) is 19.5 Å². The molecule has 0 radical (unpaired) electrons. The van der Waals surface area contributed by atoms with Gasteiger partial charge in [0.2, 0.25) is 5.88 Å². The summed E-state index contributed by atoms with van der Waals surface area (Å²) < 4.78 is 43.1. The molecule has 0 atom stereocenters. The molecule has 0 amide bonds. The highest BCUT2D eigenvalue weighted by atomic mass is 32.1. The predicted molar refractivity (Wildman–Crippen MR) is 92.4 cm³/mol. The van der Waals surface area contributed by atoms with E-state index in [-0.39, 0.29) is 12.5 Å². The first-order chi connectivity index (χ1) is 12.4. The van der Waals surface area contributed by atoms with Gasteiger partial charge in [-0.2, -0.15) is 13.2 Å². The van der Waals surface area contributed by atoms with E-state index in [4.69, 9.17) is 9.84 Å². The van der Waals surface area contributed by atoms with Crippen molar-refractivity contribution in [2.24, 2.45) is 0 Å². The van der Waals surface area contributed by atoms with E-state index < -0.39 is 11.7 Å². The summed E-state index contributed by atoms with van der Waals surface area (Å²) in [5.74, 6) is 0.547. The van der Waals surface area contributed by atoms with Gasteiger partial charge in [-0.05, 0) is 37.3 Å². The van der Waals surface area contributed by atoms with Crippen LogP contribution in [0.3, 0.4) is 0 Å². The second-order valence-electron chi connectivity index (χ2n) is 5.50. The zero-order valence-electron chi connectivity index (χ0n) is 13.7. The van der Waals surface area contributed by atoms with Crippen molar-refractivity contribution in [3.63, 3.8) is 0 Å². The van der Waals surface area contributed by atoms with Gasteiger partial charge >= 0.3 is 6.18 Å². The van der Waals surface area contributed by atoms with Crippen LogP contribution < -0.4 is 4.74 Å². The molecule has 0 unspecified atom stereocenters. The lowest BCUT2D eigenvalue weighted by Gasteiger charge is -2.08. The number of benzene rings is 1. The van der Waals surface area contributed by atoms with Gasteiger partial charge in [0.15, 0.2) is 0 Å². The molecule has 0 fully saturated rings. The molecule has 0 aliphatic heterocycles. The van der Waals surface area contributed by atoms with E-state index in [0.29, 0.717) is 12.2 Å². The average molecular weight is 380 g/mol. The predicted octanol–water partition coefficient (Wildman–Crippen LogP) is 4.86. The second-order valence-corrected chi connectivity index (χ2v) is 6.71. The zero-order chi connectivity index (χ0) is 18.7. The van der Waals surface area contributed by atoms with Crippen LogP contribution in [0.15, 0.2) is 42.6 Å². The second kappa shape index (κ2) is 7.43. The summed E-state index contributed by atoms with van der Waals surface area (Å²) in [6.07, 6.45) is -3.16. The molecular weight excluding hydrogens is 365 g/mol. The van der Waals surface area contributed by atoms with E-state index in [1.807, 2.05) is 19.1 Å². The quantitative estimate of drug-likeness (QED) is 0.687. The Morgan fingerprint density at radius 1 is 1.12 bits per heavy atom. The molecule has 0 aliphatic rings. The summed E-state index contributed by atoms with van der Waals surface area (Å²) in [6.45, 7) is 2.01. The molecule has 26 heavy (non-hydrogen) atoms. The highest BCUT2D eigenvalue weighted by Gasteiger charge is 2.30. The Morgan fingerprint density at radius 2 is 1.85 bits per heavy atom. The standard InChI is InChI=1S/C18H15F3N2O2S/c1-11-15(8-9-24)23-17(26-11)12-2-5-14(6-3-12)25-16-7-4-13(10-22-16)18(19,20)21/h2-7,10,24H,8-9H2,1H3. The molecule has 3 aromatic rings. The number of alkyl halides is 3. The normalized spacial score (nSPS) is 11.6. The SMILES string of the molecule is Cc1sc(-c2ccc(Oc3ccc(C(F)(F)F)cn3)cc2)nc1CCO. The summed E-state index contributed by atoms with van der Waals surface area (Å²) in [4.78, 5) is 9.25. The minimum absolute atomic E-state index is 0.0525. The molecule has 0 saturated heterocycles.